The molecule has 18 atom stereocenters. The third-order valence-corrected chi connectivity index (χ3v) is 26.8. The van der Waals surface area contributed by atoms with Crippen molar-refractivity contribution >= 4 is 26.2 Å². The number of carbonyl (C=O) groups is 3. The quantitative estimate of drug-likeness (QED) is 0.247. The van der Waals surface area contributed by atoms with Crippen LogP contribution in [0.2, 0.25) is 6.55 Å². The maximum Gasteiger partial charge on any atom is 0.498 e. The van der Waals surface area contributed by atoms with Gasteiger partial charge in [0.15, 0.2) is 17.3 Å². The first-order valence-electron chi connectivity index (χ1n) is 27.7. The number of fused-ring (bicyclic) bond motifs is 15. The molecule has 356 valence electrons. The zero-order valence-electron chi connectivity index (χ0n) is 41.6. The van der Waals surface area contributed by atoms with Crippen LogP contribution in [0.15, 0.2) is 34.9 Å². The van der Waals surface area contributed by atoms with Gasteiger partial charge in [-0.3, -0.25) is 14.4 Å². The van der Waals surface area contributed by atoms with Crippen molar-refractivity contribution in [3.05, 3.63) is 34.9 Å². The van der Waals surface area contributed by atoms with E-state index in [1.165, 1.54) is 93.8 Å². The zero-order valence-corrected chi connectivity index (χ0v) is 42.6. The van der Waals surface area contributed by atoms with Crippen molar-refractivity contribution in [3.8, 4) is 0 Å². The van der Waals surface area contributed by atoms with Crippen LogP contribution >= 0.6 is 0 Å². The molecule has 12 rings (SSSR count). The summed E-state index contributed by atoms with van der Waals surface area (Å²) in [4.78, 5) is 37.8. The van der Waals surface area contributed by atoms with Crippen LogP contribution < -0.4 is 0 Å². The molecular formula is C58H84O6Si. The molecule has 9 saturated carbocycles. The Morgan fingerprint density at radius 2 is 0.677 bits per heavy atom. The maximum atomic E-state index is 12.6. The van der Waals surface area contributed by atoms with Crippen LogP contribution in [-0.4, -0.2) is 44.5 Å². The van der Waals surface area contributed by atoms with Crippen LogP contribution in [0.4, 0.5) is 0 Å². The molecule has 0 N–H and O–H groups in total. The highest BCUT2D eigenvalue weighted by molar-refractivity contribution is 6.59. The summed E-state index contributed by atoms with van der Waals surface area (Å²) >= 11 is 0. The second-order valence-electron chi connectivity index (χ2n) is 27.0. The third kappa shape index (κ3) is 6.46. The number of carbonyl (C=O) groups excluding carboxylic acids is 3. The summed E-state index contributed by atoms with van der Waals surface area (Å²) in [6.07, 6.45) is 33.2. The van der Waals surface area contributed by atoms with Gasteiger partial charge in [0.2, 0.25) is 0 Å². The molecule has 6 nitrogen and oxygen atoms in total. The normalized spacial score (nSPS) is 52.3. The fourth-order valence-corrected chi connectivity index (χ4v) is 23.9. The molecule has 0 radical (unpaired) electrons. The van der Waals surface area contributed by atoms with Crippen LogP contribution in [0.5, 0.6) is 0 Å². The summed E-state index contributed by atoms with van der Waals surface area (Å²) in [7, 11) is -3.24. The standard InChI is InChI=1S/C58H84O6Si/c1-53-26-20-38(59)32-35(53)8-11-41-44-14-17-50(56(44,4)29-23-47(41)53)62-65(7,63-51-18-15-45-42-12-9-36-33-39(60)21-27-54(36,2)48(42)24-30-57(45,51)5)64-52-19-16-46-43-13-10-37-34-40(61)22-28-55(37,3)49(43)25-31-58(46,52)6/h32-34,41-52H,8-31H2,1-7H3/t41-,42-,43-,44-,45-,46-,47-,48-,49-,50-,51-,52-,53-,54-,55-,56-,57-,58-/m0/s1. The number of rotatable bonds is 6. The van der Waals surface area contributed by atoms with Crippen LogP contribution in [-0.2, 0) is 27.7 Å². The van der Waals surface area contributed by atoms with E-state index in [2.05, 4.69) is 66.3 Å². The number of hydrogen-bond donors (Lipinski definition) is 0. The molecule has 0 aromatic heterocycles. The lowest BCUT2D eigenvalue weighted by Gasteiger charge is -2.59. The molecule has 0 aliphatic heterocycles. The Morgan fingerprint density at radius 3 is 0.969 bits per heavy atom. The lowest BCUT2D eigenvalue weighted by Crippen LogP contribution is -2.59. The minimum absolute atomic E-state index is 0.110. The van der Waals surface area contributed by atoms with Gasteiger partial charge < -0.3 is 13.3 Å². The number of hydrogen-bond acceptors (Lipinski definition) is 6. The van der Waals surface area contributed by atoms with E-state index in [0.717, 1.165) is 77.0 Å². The molecule has 12 aliphatic rings. The molecule has 7 heteroatoms. The van der Waals surface area contributed by atoms with Crippen molar-refractivity contribution < 1.29 is 27.7 Å². The van der Waals surface area contributed by atoms with Gasteiger partial charge in [0, 0.05) is 25.8 Å². The number of ketones is 3. The molecule has 0 spiro atoms. The molecule has 0 aromatic rings. The second kappa shape index (κ2) is 15.2. The molecule has 65 heavy (non-hydrogen) atoms. The lowest BCUT2D eigenvalue weighted by atomic mass is 9.47. The average molecular weight is 905 g/mol. The summed E-state index contributed by atoms with van der Waals surface area (Å²) in [5, 5.41) is 0. The van der Waals surface area contributed by atoms with Gasteiger partial charge in [-0.05, 0) is 239 Å². The van der Waals surface area contributed by atoms with E-state index >= 15 is 0 Å². The van der Waals surface area contributed by atoms with Gasteiger partial charge in [-0.25, -0.2) is 0 Å². The Morgan fingerprint density at radius 1 is 0.385 bits per heavy atom. The molecule has 0 amide bonds. The van der Waals surface area contributed by atoms with Crippen molar-refractivity contribution in [3.63, 3.8) is 0 Å². The Labute approximate surface area is 393 Å². The summed E-state index contributed by atoms with van der Waals surface area (Å²) in [5.74, 6) is 7.12. The van der Waals surface area contributed by atoms with Gasteiger partial charge in [-0.1, -0.05) is 58.3 Å². The van der Waals surface area contributed by atoms with E-state index < -0.39 is 8.80 Å². The van der Waals surface area contributed by atoms with E-state index in [1.807, 2.05) is 0 Å². The Hall–Kier alpha value is -1.67. The smallest absolute Gasteiger partial charge is 0.370 e. The zero-order chi connectivity index (χ0) is 45.1. The largest absolute Gasteiger partial charge is 0.498 e. The van der Waals surface area contributed by atoms with Gasteiger partial charge >= 0.3 is 8.80 Å². The maximum absolute atomic E-state index is 12.6. The minimum atomic E-state index is -3.24. The highest BCUT2D eigenvalue weighted by Gasteiger charge is 2.66. The summed E-state index contributed by atoms with van der Waals surface area (Å²) < 4.78 is 23.8. The second-order valence-corrected chi connectivity index (χ2v) is 29.4. The highest BCUT2D eigenvalue weighted by Crippen LogP contribution is 2.70. The number of allylic oxidation sites excluding steroid dienone is 3. The van der Waals surface area contributed by atoms with Crippen molar-refractivity contribution in [2.45, 2.75) is 221 Å². The van der Waals surface area contributed by atoms with Crippen molar-refractivity contribution in [1.29, 1.82) is 0 Å². The summed E-state index contributed by atoms with van der Waals surface area (Å²) in [5.41, 5.74) is 5.25. The van der Waals surface area contributed by atoms with Gasteiger partial charge in [0.25, 0.3) is 0 Å². The molecule has 0 heterocycles. The summed E-state index contributed by atoms with van der Waals surface area (Å²) in [6.45, 7) is 17.7. The monoisotopic (exact) mass is 905 g/mol. The molecule has 0 bridgehead atoms. The summed E-state index contributed by atoms with van der Waals surface area (Å²) in [6, 6.07) is 0. The van der Waals surface area contributed by atoms with E-state index in [1.54, 1.807) is 0 Å². The topological polar surface area (TPSA) is 78.9 Å². The van der Waals surface area contributed by atoms with Crippen molar-refractivity contribution in [2.75, 3.05) is 0 Å². The van der Waals surface area contributed by atoms with Crippen LogP contribution in [0.25, 0.3) is 0 Å². The van der Waals surface area contributed by atoms with E-state index in [4.69, 9.17) is 13.3 Å². The van der Waals surface area contributed by atoms with E-state index in [9.17, 15) is 14.4 Å². The fourth-order valence-electron chi connectivity index (χ4n) is 21.0. The van der Waals surface area contributed by atoms with Gasteiger partial charge in [-0.15, -0.1) is 0 Å². The fraction of sp³-hybridized carbons (Fsp3) is 0.845. The molecule has 0 aromatic carbocycles. The van der Waals surface area contributed by atoms with Gasteiger partial charge in [0.1, 0.15) is 0 Å². The molecule has 9 fully saturated rings. The Balaban J connectivity index is 0.828. The van der Waals surface area contributed by atoms with Gasteiger partial charge in [-0.2, -0.15) is 0 Å². The van der Waals surface area contributed by atoms with Crippen LogP contribution in [0.1, 0.15) is 196 Å². The van der Waals surface area contributed by atoms with E-state index in [0.29, 0.717) is 70.6 Å². The third-order valence-electron chi connectivity index (χ3n) is 24.7. The average Bonchev–Trinajstić information content (AvgIpc) is 3.90. The first kappa shape index (κ1) is 44.5. The van der Waals surface area contributed by atoms with Gasteiger partial charge in [0.05, 0.1) is 18.3 Å². The minimum Gasteiger partial charge on any atom is -0.370 e. The van der Waals surface area contributed by atoms with Crippen molar-refractivity contribution in [2.24, 2.45) is 85.8 Å². The van der Waals surface area contributed by atoms with Crippen LogP contribution in [0.3, 0.4) is 0 Å². The highest BCUT2D eigenvalue weighted by atomic mass is 28.4. The predicted octanol–water partition coefficient (Wildman–Crippen LogP) is 13.3. The molecular weight excluding hydrogens is 821 g/mol. The first-order chi connectivity index (χ1) is 30.9. The predicted molar refractivity (Wildman–Crippen MR) is 256 cm³/mol. The van der Waals surface area contributed by atoms with Crippen LogP contribution in [0, 0.1) is 85.8 Å². The lowest BCUT2D eigenvalue weighted by molar-refractivity contribution is -0.129. The molecule has 12 aliphatic carbocycles. The first-order valence-corrected chi connectivity index (χ1v) is 29.9. The Bertz CT molecular complexity index is 1890. The van der Waals surface area contributed by atoms with Crippen molar-refractivity contribution in [1.82, 2.24) is 0 Å². The van der Waals surface area contributed by atoms with E-state index in [-0.39, 0.29) is 50.8 Å². The molecule has 0 saturated heterocycles. The molecule has 0 unspecified atom stereocenters. The SMILES string of the molecule is C[C@]12CC[C@H]3[C@@H](CCC4=CC(=O)CC[C@@]43C)[C@@H]1CC[C@@H]2O[Si](C)(O[C@H]1CC[C@H]2[C@@H]3CCC4=CC(=O)CC[C@]4(C)[C@H]3CC[C@]12C)O[C@H]1CC[C@H]2[C@@H]3CCC4=CC(=O)CC[C@]4(C)[C@H]3CC[C@]12C. The Kier molecular flexibility index (Phi) is 10.4.